The highest BCUT2D eigenvalue weighted by Gasteiger charge is 2.40. The molecule has 0 radical (unpaired) electrons. The summed E-state index contributed by atoms with van der Waals surface area (Å²) in [6, 6.07) is 15.4. The Morgan fingerprint density at radius 3 is 2.30 bits per heavy atom. The zero-order valence-electron chi connectivity index (χ0n) is 13.9. The van der Waals surface area contributed by atoms with E-state index in [1.165, 1.54) is 36.0 Å². The van der Waals surface area contributed by atoms with Crippen LogP contribution < -0.4 is 9.47 Å². The van der Waals surface area contributed by atoms with E-state index in [4.69, 9.17) is 9.47 Å². The minimum Gasteiger partial charge on any atom is -0.497 e. The summed E-state index contributed by atoms with van der Waals surface area (Å²) in [5.41, 5.74) is 4.51. The lowest BCUT2D eigenvalue weighted by Gasteiger charge is -2.36. The molecule has 2 aromatic rings. The van der Waals surface area contributed by atoms with Gasteiger partial charge >= 0.3 is 0 Å². The van der Waals surface area contributed by atoms with Crippen LogP contribution in [0.4, 0.5) is 0 Å². The van der Waals surface area contributed by atoms with Crippen molar-refractivity contribution in [2.75, 3.05) is 14.2 Å². The highest BCUT2D eigenvalue weighted by atomic mass is 16.5. The third-order valence-corrected chi connectivity index (χ3v) is 5.82. The number of hydrogen-bond donors (Lipinski definition) is 0. The SMILES string of the molecule is COc1ccc([C@@H]2Cc3ccc(OC)cc3[C@@H]3CCC[C@H]23)cc1. The van der Waals surface area contributed by atoms with Crippen molar-refractivity contribution in [3.8, 4) is 11.5 Å². The molecule has 120 valence electrons. The van der Waals surface area contributed by atoms with Gasteiger partial charge in [-0.25, -0.2) is 0 Å². The second kappa shape index (κ2) is 5.92. The molecule has 0 spiro atoms. The topological polar surface area (TPSA) is 18.5 Å². The summed E-state index contributed by atoms with van der Waals surface area (Å²) >= 11 is 0. The van der Waals surface area contributed by atoms with E-state index < -0.39 is 0 Å². The summed E-state index contributed by atoms with van der Waals surface area (Å²) in [6.07, 6.45) is 5.15. The molecule has 0 amide bonds. The van der Waals surface area contributed by atoms with Crippen LogP contribution >= 0.6 is 0 Å². The molecule has 2 aromatic carbocycles. The number of fused-ring (bicyclic) bond motifs is 3. The third-order valence-electron chi connectivity index (χ3n) is 5.82. The van der Waals surface area contributed by atoms with Crippen molar-refractivity contribution in [2.24, 2.45) is 5.92 Å². The maximum Gasteiger partial charge on any atom is 0.119 e. The van der Waals surface area contributed by atoms with Gasteiger partial charge in [0.1, 0.15) is 11.5 Å². The van der Waals surface area contributed by atoms with Crippen molar-refractivity contribution in [3.05, 3.63) is 59.2 Å². The van der Waals surface area contributed by atoms with Crippen molar-refractivity contribution in [1.82, 2.24) is 0 Å². The van der Waals surface area contributed by atoms with Gasteiger partial charge in [-0.1, -0.05) is 24.6 Å². The quantitative estimate of drug-likeness (QED) is 0.800. The van der Waals surface area contributed by atoms with E-state index >= 15 is 0 Å². The molecule has 2 aliphatic carbocycles. The predicted molar refractivity (Wildman–Crippen MR) is 92.5 cm³/mol. The standard InChI is InChI=1S/C21H24O2/c1-22-16-9-6-14(7-10-16)20-12-15-8-11-17(23-2)13-21(15)19-5-3-4-18(19)20/h6-11,13,18-20H,3-5,12H2,1-2H3/t18-,19+,20-/m0/s1. The summed E-state index contributed by atoms with van der Waals surface area (Å²) < 4.78 is 10.8. The summed E-state index contributed by atoms with van der Waals surface area (Å²) in [5.74, 6) is 4.04. The van der Waals surface area contributed by atoms with Crippen LogP contribution in [0.1, 0.15) is 47.8 Å². The molecule has 1 saturated carbocycles. The number of methoxy groups -OCH3 is 2. The molecule has 0 unspecified atom stereocenters. The van der Waals surface area contributed by atoms with Gasteiger partial charge < -0.3 is 9.47 Å². The van der Waals surface area contributed by atoms with Gasteiger partial charge in [-0.15, -0.1) is 0 Å². The molecular formula is C21H24O2. The lowest BCUT2D eigenvalue weighted by Crippen LogP contribution is -2.24. The van der Waals surface area contributed by atoms with Gasteiger partial charge in [0.15, 0.2) is 0 Å². The lowest BCUT2D eigenvalue weighted by atomic mass is 9.68. The zero-order chi connectivity index (χ0) is 15.8. The lowest BCUT2D eigenvalue weighted by molar-refractivity contribution is 0.360. The number of hydrogen-bond acceptors (Lipinski definition) is 2. The molecule has 3 atom stereocenters. The fourth-order valence-electron chi connectivity index (χ4n) is 4.69. The van der Waals surface area contributed by atoms with Gasteiger partial charge in [0, 0.05) is 0 Å². The molecule has 0 saturated heterocycles. The number of benzene rings is 2. The maximum absolute atomic E-state index is 5.45. The van der Waals surface area contributed by atoms with E-state index in [-0.39, 0.29) is 0 Å². The van der Waals surface area contributed by atoms with Crippen LogP contribution in [0.25, 0.3) is 0 Å². The van der Waals surface area contributed by atoms with E-state index in [0.717, 1.165) is 23.8 Å². The summed E-state index contributed by atoms with van der Waals surface area (Å²) in [6.45, 7) is 0. The monoisotopic (exact) mass is 308 g/mol. The van der Waals surface area contributed by atoms with Crippen molar-refractivity contribution in [1.29, 1.82) is 0 Å². The number of rotatable bonds is 3. The molecule has 4 rings (SSSR count). The van der Waals surface area contributed by atoms with Crippen LogP contribution in [0.2, 0.25) is 0 Å². The van der Waals surface area contributed by atoms with Crippen LogP contribution in [0, 0.1) is 5.92 Å². The summed E-state index contributed by atoms with van der Waals surface area (Å²) in [5, 5.41) is 0. The van der Waals surface area contributed by atoms with Gasteiger partial charge in [0.25, 0.3) is 0 Å². The average Bonchev–Trinajstić information content (AvgIpc) is 3.11. The largest absolute Gasteiger partial charge is 0.497 e. The first kappa shape index (κ1) is 14.6. The predicted octanol–water partition coefficient (Wildman–Crippen LogP) is 4.93. The normalized spacial score (nSPS) is 25.6. The van der Waals surface area contributed by atoms with Crippen molar-refractivity contribution >= 4 is 0 Å². The molecule has 0 aromatic heterocycles. The van der Waals surface area contributed by atoms with E-state index in [1.807, 2.05) is 0 Å². The Morgan fingerprint density at radius 1 is 0.826 bits per heavy atom. The third kappa shape index (κ3) is 2.50. The highest BCUT2D eigenvalue weighted by Crippen LogP contribution is 2.53. The molecule has 0 bridgehead atoms. The van der Waals surface area contributed by atoms with Gasteiger partial charge in [-0.2, -0.15) is 0 Å². The van der Waals surface area contributed by atoms with Crippen LogP contribution in [0.5, 0.6) is 11.5 Å². The molecule has 0 N–H and O–H groups in total. The Bertz CT molecular complexity index is 689. The van der Waals surface area contributed by atoms with Gasteiger partial charge in [0.05, 0.1) is 14.2 Å². The first-order chi connectivity index (χ1) is 11.3. The second-order valence-corrected chi connectivity index (χ2v) is 6.85. The molecule has 2 aliphatic rings. The van der Waals surface area contributed by atoms with E-state index in [1.54, 1.807) is 14.2 Å². The molecule has 1 fully saturated rings. The Hall–Kier alpha value is -1.96. The molecule has 2 heteroatoms. The van der Waals surface area contributed by atoms with Gasteiger partial charge in [0.2, 0.25) is 0 Å². The second-order valence-electron chi connectivity index (χ2n) is 6.85. The maximum atomic E-state index is 5.45. The summed E-state index contributed by atoms with van der Waals surface area (Å²) in [4.78, 5) is 0. The van der Waals surface area contributed by atoms with Crippen LogP contribution in [-0.2, 0) is 6.42 Å². The van der Waals surface area contributed by atoms with Crippen molar-refractivity contribution in [2.45, 2.75) is 37.5 Å². The van der Waals surface area contributed by atoms with Crippen LogP contribution in [0.3, 0.4) is 0 Å². The van der Waals surface area contributed by atoms with Gasteiger partial charge in [-0.3, -0.25) is 0 Å². The molecule has 0 heterocycles. The van der Waals surface area contributed by atoms with Crippen molar-refractivity contribution in [3.63, 3.8) is 0 Å². The average molecular weight is 308 g/mol. The van der Waals surface area contributed by atoms with E-state index in [0.29, 0.717) is 11.8 Å². The minimum atomic E-state index is 0.634. The minimum absolute atomic E-state index is 0.634. The Labute approximate surface area is 138 Å². The fourth-order valence-corrected chi connectivity index (χ4v) is 4.69. The molecule has 23 heavy (non-hydrogen) atoms. The van der Waals surface area contributed by atoms with Gasteiger partial charge in [-0.05, 0) is 78.0 Å². The van der Waals surface area contributed by atoms with Crippen molar-refractivity contribution < 1.29 is 9.47 Å². The first-order valence-corrected chi connectivity index (χ1v) is 8.61. The van der Waals surface area contributed by atoms with E-state index in [2.05, 4.69) is 42.5 Å². The van der Waals surface area contributed by atoms with Crippen LogP contribution in [0.15, 0.2) is 42.5 Å². The zero-order valence-corrected chi connectivity index (χ0v) is 13.9. The van der Waals surface area contributed by atoms with E-state index in [9.17, 15) is 0 Å². The molecule has 0 aliphatic heterocycles. The molecule has 2 nitrogen and oxygen atoms in total. The first-order valence-electron chi connectivity index (χ1n) is 8.61. The number of ether oxygens (including phenoxy) is 2. The summed E-state index contributed by atoms with van der Waals surface area (Å²) in [7, 11) is 3.49. The fraction of sp³-hybridized carbons (Fsp3) is 0.429. The smallest absolute Gasteiger partial charge is 0.119 e. The Kier molecular flexibility index (Phi) is 3.76. The highest BCUT2D eigenvalue weighted by molar-refractivity contribution is 5.44. The Morgan fingerprint density at radius 2 is 1.57 bits per heavy atom. The Balaban J connectivity index is 1.71. The van der Waals surface area contributed by atoms with Crippen LogP contribution in [-0.4, -0.2) is 14.2 Å². The molecular weight excluding hydrogens is 284 g/mol.